The maximum atomic E-state index is 13.3. The van der Waals surface area contributed by atoms with Crippen molar-refractivity contribution in [1.29, 1.82) is 0 Å². The third kappa shape index (κ3) is 2.61. The summed E-state index contributed by atoms with van der Waals surface area (Å²) in [5.74, 6) is -0.162. The molecule has 116 valence electrons. The number of halogens is 1. The molecule has 0 radical (unpaired) electrons. The van der Waals surface area contributed by atoms with Crippen molar-refractivity contribution in [2.45, 2.75) is 0 Å². The van der Waals surface area contributed by atoms with Gasteiger partial charge in [0.15, 0.2) is 0 Å². The molecule has 0 saturated carbocycles. The van der Waals surface area contributed by atoms with E-state index in [-0.39, 0.29) is 12.1 Å². The van der Waals surface area contributed by atoms with E-state index < -0.39 is 11.8 Å². The Kier molecular flexibility index (Phi) is 3.93. The van der Waals surface area contributed by atoms with Crippen LogP contribution in [0.15, 0.2) is 54.9 Å². The van der Waals surface area contributed by atoms with Crippen molar-refractivity contribution in [2.24, 2.45) is 0 Å². The van der Waals surface area contributed by atoms with Crippen molar-refractivity contribution in [3.8, 4) is 5.75 Å². The fraction of sp³-hybridized carbons (Fsp3) is 0.111. The van der Waals surface area contributed by atoms with Crippen LogP contribution < -0.4 is 4.74 Å². The van der Waals surface area contributed by atoms with Crippen LogP contribution in [0.5, 0.6) is 5.75 Å². The molecule has 0 saturated heterocycles. The number of methoxy groups -OCH3 is 1. The van der Waals surface area contributed by atoms with E-state index in [2.05, 4.69) is 0 Å². The SMILES string of the molecule is COc1ccc(/C(=C\F)CN2C(=O)c3ccccc3C2=O)cc1. The molecule has 2 aromatic carbocycles. The molecule has 0 bridgehead atoms. The number of nitrogens with zero attached hydrogens (tertiary/aromatic N) is 1. The van der Waals surface area contributed by atoms with E-state index in [1.165, 1.54) is 0 Å². The Morgan fingerprint density at radius 1 is 1.04 bits per heavy atom. The van der Waals surface area contributed by atoms with Crippen LogP contribution in [0.2, 0.25) is 0 Å². The van der Waals surface area contributed by atoms with Crippen LogP contribution >= 0.6 is 0 Å². The van der Waals surface area contributed by atoms with Gasteiger partial charge in [-0.15, -0.1) is 0 Å². The standard InChI is InChI=1S/C18H14FNO3/c1-23-14-8-6-12(7-9-14)13(10-19)11-20-17(21)15-4-2-3-5-16(15)18(20)22/h2-10H,11H2,1H3/b13-10-. The summed E-state index contributed by atoms with van der Waals surface area (Å²) in [7, 11) is 1.54. The van der Waals surface area contributed by atoms with E-state index in [0.29, 0.717) is 28.8 Å². The molecule has 2 amide bonds. The van der Waals surface area contributed by atoms with Crippen LogP contribution in [0.25, 0.3) is 5.57 Å². The van der Waals surface area contributed by atoms with Crippen molar-refractivity contribution in [1.82, 2.24) is 4.90 Å². The van der Waals surface area contributed by atoms with E-state index >= 15 is 0 Å². The zero-order valence-electron chi connectivity index (χ0n) is 12.5. The van der Waals surface area contributed by atoms with Crippen LogP contribution in [0.4, 0.5) is 4.39 Å². The lowest BCUT2D eigenvalue weighted by Crippen LogP contribution is -2.31. The minimum Gasteiger partial charge on any atom is -0.497 e. The molecule has 4 nitrogen and oxygen atoms in total. The number of ether oxygens (including phenoxy) is 1. The number of carbonyl (C=O) groups is 2. The smallest absolute Gasteiger partial charge is 0.261 e. The first kappa shape index (κ1) is 15.0. The molecule has 0 aromatic heterocycles. The number of benzene rings is 2. The van der Waals surface area contributed by atoms with Crippen LogP contribution in [0.1, 0.15) is 26.3 Å². The van der Waals surface area contributed by atoms with Gasteiger partial charge in [-0.3, -0.25) is 14.5 Å². The maximum absolute atomic E-state index is 13.3. The monoisotopic (exact) mass is 311 g/mol. The fourth-order valence-electron chi connectivity index (χ4n) is 2.55. The number of fused-ring (bicyclic) bond motifs is 1. The van der Waals surface area contributed by atoms with Gasteiger partial charge in [0.25, 0.3) is 11.8 Å². The van der Waals surface area contributed by atoms with Gasteiger partial charge in [-0.25, -0.2) is 4.39 Å². The molecule has 0 aliphatic carbocycles. The molecule has 2 aromatic rings. The average Bonchev–Trinajstić information content (AvgIpc) is 2.84. The molecule has 0 fully saturated rings. The Hall–Kier alpha value is -2.95. The number of amides is 2. The quantitative estimate of drug-likeness (QED) is 0.814. The topological polar surface area (TPSA) is 46.6 Å². The van der Waals surface area contributed by atoms with Crippen LogP contribution in [-0.4, -0.2) is 30.4 Å². The Balaban J connectivity index is 1.86. The second kappa shape index (κ2) is 6.04. The second-order valence-corrected chi connectivity index (χ2v) is 5.10. The predicted octanol–water partition coefficient (Wildman–Crippen LogP) is 3.30. The minimum absolute atomic E-state index is 0.116. The fourth-order valence-corrected chi connectivity index (χ4v) is 2.55. The Morgan fingerprint density at radius 3 is 2.09 bits per heavy atom. The number of hydrogen-bond donors (Lipinski definition) is 0. The highest BCUT2D eigenvalue weighted by Crippen LogP contribution is 2.26. The molecule has 23 heavy (non-hydrogen) atoms. The molecule has 5 heteroatoms. The first-order valence-corrected chi connectivity index (χ1v) is 7.04. The van der Waals surface area contributed by atoms with Crippen LogP contribution in [-0.2, 0) is 0 Å². The highest BCUT2D eigenvalue weighted by molar-refractivity contribution is 6.21. The second-order valence-electron chi connectivity index (χ2n) is 5.10. The number of imide groups is 1. The van der Waals surface area contributed by atoms with E-state index in [0.717, 1.165) is 4.90 Å². The number of carbonyl (C=O) groups excluding carboxylic acids is 2. The lowest BCUT2D eigenvalue weighted by molar-refractivity contribution is 0.0674. The van der Waals surface area contributed by atoms with Crippen LogP contribution in [0.3, 0.4) is 0 Å². The average molecular weight is 311 g/mol. The molecular weight excluding hydrogens is 297 g/mol. The lowest BCUT2D eigenvalue weighted by Gasteiger charge is -2.16. The molecule has 1 aliphatic rings. The van der Waals surface area contributed by atoms with Gasteiger partial charge in [0.1, 0.15) is 5.75 Å². The van der Waals surface area contributed by atoms with Gasteiger partial charge < -0.3 is 4.74 Å². The summed E-state index contributed by atoms with van der Waals surface area (Å²) < 4.78 is 18.4. The van der Waals surface area contributed by atoms with Gasteiger partial charge in [-0.05, 0) is 29.8 Å². The Labute approximate surface area is 132 Å². The molecule has 0 unspecified atom stereocenters. The van der Waals surface area contributed by atoms with Crippen molar-refractivity contribution in [3.05, 3.63) is 71.6 Å². The van der Waals surface area contributed by atoms with Gasteiger partial charge in [0, 0.05) is 5.57 Å². The van der Waals surface area contributed by atoms with Gasteiger partial charge in [-0.1, -0.05) is 24.3 Å². The maximum Gasteiger partial charge on any atom is 0.261 e. The Morgan fingerprint density at radius 2 is 1.61 bits per heavy atom. The number of hydrogen-bond acceptors (Lipinski definition) is 3. The summed E-state index contributed by atoms with van der Waals surface area (Å²) in [6.45, 7) is -0.116. The van der Waals surface area contributed by atoms with Gasteiger partial charge in [-0.2, -0.15) is 0 Å². The summed E-state index contributed by atoms with van der Waals surface area (Å²) in [5, 5.41) is 0. The van der Waals surface area contributed by atoms with Gasteiger partial charge >= 0.3 is 0 Å². The first-order chi connectivity index (χ1) is 11.2. The molecule has 1 heterocycles. The summed E-state index contributed by atoms with van der Waals surface area (Å²) in [6, 6.07) is 13.3. The molecule has 3 rings (SSSR count). The van der Waals surface area contributed by atoms with E-state index in [1.54, 1.807) is 55.6 Å². The van der Waals surface area contributed by atoms with Crippen molar-refractivity contribution in [3.63, 3.8) is 0 Å². The Bertz CT molecular complexity index is 761. The normalized spacial score (nSPS) is 14.2. The zero-order chi connectivity index (χ0) is 16.4. The summed E-state index contributed by atoms with van der Waals surface area (Å²) >= 11 is 0. The number of rotatable bonds is 4. The third-order valence-corrected chi connectivity index (χ3v) is 3.80. The minimum atomic E-state index is -0.404. The zero-order valence-corrected chi connectivity index (χ0v) is 12.5. The van der Waals surface area contributed by atoms with E-state index in [1.807, 2.05) is 0 Å². The molecular formula is C18H14FNO3. The van der Waals surface area contributed by atoms with E-state index in [9.17, 15) is 14.0 Å². The highest BCUT2D eigenvalue weighted by atomic mass is 19.1. The van der Waals surface area contributed by atoms with Crippen molar-refractivity contribution < 1.29 is 18.7 Å². The third-order valence-electron chi connectivity index (χ3n) is 3.80. The summed E-state index contributed by atoms with van der Waals surface area (Å²) in [5.41, 5.74) is 1.54. The van der Waals surface area contributed by atoms with Crippen molar-refractivity contribution >= 4 is 17.4 Å². The molecule has 0 N–H and O–H groups in total. The highest BCUT2D eigenvalue weighted by Gasteiger charge is 2.35. The van der Waals surface area contributed by atoms with Crippen molar-refractivity contribution in [2.75, 3.05) is 13.7 Å². The summed E-state index contributed by atoms with van der Waals surface area (Å²) in [4.78, 5) is 25.7. The lowest BCUT2D eigenvalue weighted by atomic mass is 10.1. The predicted molar refractivity (Wildman–Crippen MR) is 83.9 cm³/mol. The van der Waals surface area contributed by atoms with E-state index in [4.69, 9.17) is 4.74 Å². The summed E-state index contributed by atoms with van der Waals surface area (Å²) in [6.07, 6.45) is 0.422. The molecule has 0 atom stereocenters. The first-order valence-electron chi connectivity index (χ1n) is 7.04. The molecule has 0 spiro atoms. The largest absolute Gasteiger partial charge is 0.497 e. The van der Waals surface area contributed by atoms with Gasteiger partial charge in [0.05, 0.1) is 31.1 Å². The van der Waals surface area contributed by atoms with Gasteiger partial charge in [0.2, 0.25) is 0 Å². The van der Waals surface area contributed by atoms with Crippen LogP contribution in [0, 0.1) is 0 Å². The molecule has 1 aliphatic heterocycles.